The lowest BCUT2D eigenvalue weighted by Crippen LogP contribution is -2.43. The molecule has 0 spiro atoms. The van der Waals surface area contributed by atoms with Crippen molar-refractivity contribution in [1.29, 1.82) is 0 Å². The van der Waals surface area contributed by atoms with Crippen LogP contribution >= 0.6 is 0 Å². The van der Waals surface area contributed by atoms with Gasteiger partial charge >= 0.3 is 12.1 Å². The number of nitro groups is 1. The van der Waals surface area contributed by atoms with E-state index >= 15 is 0 Å². The average molecular weight is 474 g/mol. The Kier molecular flexibility index (Phi) is 7.21. The van der Waals surface area contributed by atoms with Gasteiger partial charge in [-0.1, -0.05) is 30.3 Å². The average Bonchev–Trinajstić information content (AvgIpc) is 2.79. The van der Waals surface area contributed by atoms with Gasteiger partial charge in [0, 0.05) is 18.6 Å². The number of alkyl halides is 3. The Hall–Kier alpha value is -3.92. The number of halogens is 3. The molecular weight excluding hydrogens is 453 g/mol. The molecule has 0 radical (unpaired) electrons. The Morgan fingerprint density at radius 2 is 1.50 bits per heavy atom. The van der Waals surface area contributed by atoms with Crippen molar-refractivity contribution in [3.05, 3.63) is 100 Å². The van der Waals surface area contributed by atoms with Gasteiger partial charge in [-0.25, -0.2) is 4.79 Å². The van der Waals surface area contributed by atoms with Gasteiger partial charge < -0.3 is 15.2 Å². The number of benzene rings is 3. The van der Waals surface area contributed by atoms with Crippen LogP contribution in [0, 0.1) is 10.1 Å². The molecule has 0 saturated carbocycles. The molecule has 178 valence electrons. The van der Waals surface area contributed by atoms with Crippen LogP contribution in [0.15, 0.2) is 78.9 Å². The molecule has 3 rings (SSSR count). The van der Waals surface area contributed by atoms with Crippen molar-refractivity contribution in [2.75, 3.05) is 0 Å². The molecule has 0 heterocycles. The Morgan fingerprint density at radius 3 is 2.03 bits per heavy atom. The van der Waals surface area contributed by atoms with Crippen molar-refractivity contribution in [2.45, 2.75) is 31.2 Å². The molecular formula is C24H21F3N2O5. The van der Waals surface area contributed by atoms with Crippen molar-refractivity contribution >= 4 is 11.7 Å². The maximum Gasteiger partial charge on any atom is 0.416 e. The minimum absolute atomic E-state index is 0.0656. The molecule has 0 aliphatic heterocycles. The highest BCUT2D eigenvalue weighted by Gasteiger charge is 2.35. The molecule has 2 N–H and O–H groups in total. The van der Waals surface area contributed by atoms with Crippen LogP contribution in [-0.4, -0.2) is 16.9 Å². The zero-order valence-electron chi connectivity index (χ0n) is 18.0. The topological polar surface area (TPSA) is 105 Å². The van der Waals surface area contributed by atoms with Crippen molar-refractivity contribution in [3.63, 3.8) is 0 Å². The van der Waals surface area contributed by atoms with E-state index in [9.17, 15) is 28.1 Å². The van der Waals surface area contributed by atoms with Gasteiger partial charge in [-0.15, -0.1) is 0 Å². The summed E-state index contributed by atoms with van der Waals surface area (Å²) in [7, 11) is 0. The molecule has 0 aliphatic carbocycles. The van der Waals surface area contributed by atoms with Crippen LogP contribution in [0.25, 0.3) is 0 Å². The van der Waals surface area contributed by atoms with Crippen LogP contribution in [0.1, 0.15) is 24.5 Å². The Bertz CT molecular complexity index is 1140. The van der Waals surface area contributed by atoms with Gasteiger partial charge in [-0.05, 0) is 48.9 Å². The van der Waals surface area contributed by atoms with Gasteiger partial charge in [0.25, 0.3) is 5.69 Å². The second-order valence-electron chi connectivity index (χ2n) is 7.70. The summed E-state index contributed by atoms with van der Waals surface area (Å²) in [4.78, 5) is 22.8. The number of hydrogen-bond donors (Lipinski definition) is 1. The quantitative estimate of drug-likeness (QED) is 0.207. The third-order valence-corrected chi connectivity index (χ3v) is 5.09. The number of nitrogens with two attached hydrogens (primary N) is 1. The predicted octanol–water partition coefficient (Wildman–Crippen LogP) is 5.23. The number of nitrogens with zero attached hydrogens (tertiary/aromatic N) is 1. The summed E-state index contributed by atoms with van der Waals surface area (Å²) in [6, 6.07) is 16.8. The third kappa shape index (κ3) is 6.10. The Labute approximate surface area is 193 Å². The van der Waals surface area contributed by atoms with Crippen LogP contribution in [0.5, 0.6) is 11.5 Å². The number of hydrogen-bond acceptors (Lipinski definition) is 6. The zero-order chi connectivity index (χ0) is 24.9. The molecule has 0 saturated heterocycles. The normalized spacial score (nSPS) is 14.0. The van der Waals surface area contributed by atoms with E-state index < -0.39 is 34.3 Å². The highest BCUT2D eigenvalue weighted by molar-refractivity contribution is 5.78. The number of carbonyl (C=O) groups is 1. The molecule has 7 nitrogen and oxygen atoms in total. The molecule has 3 aromatic rings. The first-order valence-corrected chi connectivity index (χ1v) is 10.1. The maximum atomic E-state index is 12.9. The largest absolute Gasteiger partial charge is 0.483 e. The minimum Gasteiger partial charge on any atom is -0.483 e. The van der Waals surface area contributed by atoms with E-state index in [4.69, 9.17) is 15.2 Å². The first kappa shape index (κ1) is 24.7. The van der Waals surface area contributed by atoms with E-state index in [1.807, 2.05) is 0 Å². The van der Waals surface area contributed by atoms with Crippen molar-refractivity contribution in [3.8, 4) is 11.5 Å². The lowest BCUT2D eigenvalue weighted by atomic mass is 9.88. The summed E-state index contributed by atoms with van der Waals surface area (Å²) in [5.74, 6) is -0.557. The van der Waals surface area contributed by atoms with Crippen LogP contribution in [0.2, 0.25) is 0 Å². The molecule has 0 bridgehead atoms. The summed E-state index contributed by atoms with van der Waals surface area (Å²) in [5, 5.41) is 10.8. The van der Waals surface area contributed by atoms with Gasteiger partial charge in [0.15, 0.2) is 0 Å². The summed E-state index contributed by atoms with van der Waals surface area (Å²) >= 11 is 0. The summed E-state index contributed by atoms with van der Waals surface area (Å²) in [6.45, 7) is 1.67. The second kappa shape index (κ2) is 9.92. The molecule has 2 atom stereocenters. The fourth-order valence-corrected chi connectivity index (χ4v) is 3.31. The molecule has 34 heavy (non-hydrogen) atoms. The van der Waals surface area contributed by atoms with Gasteiger partial charge in [0.05, 0.1) is 10.5 Å². The first-order chi connectivity index (χ1) is 16.0. The summed E-state index contributed by atoms with van der Waals surface area (Å²) < 4.78 is 49.9. The van der Waals surface area contributed by atoms with Crippen LogP contribution in [-0.2, 0) is 16.6 Å². The molecule has 0 aromatic heterocycles. The Balaban J connectivity index is 1.78. The molecule has 0 fully saturated rings. The second-order valence-corrected chi connectivity index (χ2v) is 7.70. The van der Waals surface area contributed by atoms with Crippen LogP contribution in [0.4, 0.5) is 18.9 Å². The van der Waals surface area contributed by atoms with Crippen molar-refractivity contribution in [2.24, 2.45) is 5.73 Å². The monoisotopic (exact) mass is 474 g/mol. The van der Waals surface area contributed by atoms with E-state index in [1.165, 1.54) is 36.4 Å². The number of esters is 1. The fourth-order valence-electron chi connectivity index (χ4n) is 3.31. The van der Waals surface area contributed by atoms with Gasteiger partial charge in [0.1, 0.15) is 23.1 Å². The number of ether oxygens (including phenoxy) is 2. The molecule has 0 amide bonds. The van der Waals surface area contributed by atoms with Gasteiger partial charge in [-0.3, -0.25) is 10.1 Å². The third-order valence-electron chi connectivity index (χ3n) is 5.09. The number of rotatable bonds is 8. The SMILES string of the molecule is CC(CC(N)C(=O)Oc1ccc([N+](=O)[O-])cc1)(Oc1ccc(C(F)(F)F)cc1)c1ccccc1. The summed E-state index contributed by atoms with van der Waals surface area (Å²) in [6.07, 6.45) is -4.55. The molecule has 10 heteroatoms. The fraction of sp³-hybridized carbons (Fsp3) is 0.208. The van der Waals surface area contributed by atoms with Crippen molar-refractivity contribution in [1.82, 2.24) is 0 Å². The van der Waals surface area contributed by atoms with Crippen LogP contribution in [0.3, 0.4) is 0 Å². The van der Waals surface area contributed by atoms with E-state index in [1.54, 1.807) is 37.3 Å². The zero-order valence-corrected chi connectivity index (χ0v) is 18.0. The van der Waals surface area contributed by atoms with Gasteiger partial charge in [-0.2, -0.15) is 13.2 Å². The summed E-state index contributed by atoms with van der Waals surface area (Å²) in [5.41, 5.74) is 4.57. The van der Waals surface area contributed by atoms with Crippen LogP contribution < -0.4 is 15.2 Å². The minimum atomic E-state index is -4.48. The smallest absolute Gasteiger partial charge is 0.416 e. The lowest BCUT2D eigenvalue weighted by molar-refractivity contribution is -0.384. The van der Waals surface area contributed by atoms with E-state index in [0.717, 1.165) is 12.1 Å². The van der Waals surface area contributed by atoms with Crippen molar-refractivity contribution < 1.29 is 32.4 Å². The van der Waals surface area contributed by atoms with Gasteiger partial charge in [0.2, 0.25) is 0 Å². The standard InChI is InChI=1S/C24H21F3N2O5/c1-23(16-5-3-2-4-6-16,34-20-11-7-17(8-12-20)24(25,26)27)15-21(28)22(30)33-19-13-9-18(10-14-19)29(31)32/h2-14,21H,15,28H2,1H3. The highest BCUT2D eigenvalue weighted by atomic mass is 19.4. The van der Waals surface area contributed by atoms with E-state index in [0.29, 0.717) is 5.56 Å². The molecule has 2 unspecified atom stereocenters. The maximum absolute atomic E-state index is 12.9. The number of non-ortho nitro benzene ring substituents is 1. The molecule has 3 aromatic carbocycles. The van der Waals surface area contributed by atoms with E-state index in [2.05, 4.69) is 0 Å². The number of carbonyl (C=O) groups excluding carboxylic acids is 1. The predicted molar refractivity (Wildman–Crippen MR) is 117 cm³/mol. The molecule has 0 aliphatic rings. The van der Waals surface area contributed by atoms with E-state index in [-0.39, 0.29) is 23.6 Å². The lowest BCUT2D eigenvalue weighted by Gasteiger charge is -2.33. The highest BCUT2D eigenvalue weighted by Crippen LogP contribution is 2.35. The number of nitro benzene ring substituents is 1. The Morgan fingerprint density at radius 1 is 0.941 bits per heavy atom. The first-order valence-electron chi connectivity index (χ1n) is 10.1.